The third-order valence-electron chi connectivity index (χ3n) is 4.87. The lowest BCUT2D eigenvalue weighted by Crippen LogP contribution is -2.38. The average Bonchev–Trinajstić information content (AvgIpc) is 2.72. The molecule has 0 amide bonds. The van der Waals surface area contributed by atoms with Crippen molar-refractivity contribution in [2.75, 3.05) is 0 Å². The molecule has 162 valence electrons. The fourth-order valence-electron chi connectivity index (χ4n) is 3.55. The van der Waals surface area contributed by atoms with E-state index < -0.39 is 23.0 Å². The fourth-order valence-corrected chi connectivity index (χ4v) is 3.55. The lowest BCUT2D eigenvalue weighted by molar-refractivity contribution is 0.102. The van der Waals surface area contributed by atoms with Crippen molar-refractivity contribution in [1.29, 1.82) is 5.26 Å². The van der Waals surface area contributed by atoms with Gasteiger partial charge in [-0.1, -0.05) is 19.9 Å². The summed E-state index contributed by atoms with van der Waals surface area (Å²) in [6, 6.07) is 9.65. The predicted octanol–water partition coefficient (Wildman–Crippen LogP) is 3.32. The highest BCUT2D eigenvalue weighted by Gasteiger charge is 2.25. The monoisotopic (exact) mass is 432 g/mol. The zero-order valence-corrected chi connectivity index (χ0v) is 17.8. The third-order valence-corrected chi connectivity index (χ3v) is 4.87. The van der Waals surface area contributed by atoms with E-state index in [1.165, 1.54) is 18.3 Å². The molecule has 2 aromatic heterocycles. The van der Waals surface area contributed by atoms with Gasteiger partial charge in [0.25, 0.3) is 5.56 Å². The second-order valence-corrected chi connectivity index (χ2v) is 7.67. The van der Waals surface area contributed by atoms with E-state index in [1.807, 2.05) is 6.07 Å². The molecule has 8 heteroatoms. The fraction of sp³-hybridized carbons (Fsp3) is 0.208. The summed E-state index contributed by atoms with van der Waals surface area (Å²) in [7, 11) is 0. The first kappa shape index (κ1) is 22.6. The summed E-state index contributed by atoms with van der Waals surface area (Å²) >= 11 is 0. The summed E-state index contributed by atoms with van der Waals surface area (Å²) in [6.07, 6.45) is 4.13. The number of aromatic nitrogens is 3. The number of allylic oxidation sites excluding steroid dienone is 1. The zero-order valence-electron chi connectivity index (χ0n) is 17.8. The molecule has 0 fully saturated rings. The number of hydrogen-bond donors (Lipinski definition) is 1. The predicted molar refractivity (Wildman–Crippen MR) is 118 cm³/mol. The molecule has 0 aliphatic carbocycles. The maximum atomic E-state index is 13.6. The molecule has 0 aliphatic heterocycles. The standard InChI is InChI=1S/C24H21FN4O3/c1-14(2)20-21(22(30)18-10-15(3)9-16(11-18)5-4-7-26)29(24(32)28-23(20)31)13-17-6-8-27-19(25)12-17/h4-6,8-12,14H,13H2,1-3H3,(H,28,31,32)/b5-4+. The summed E-state index contributed by atoms with van der Waals surface area (Å²) in [6.45, 7) is 5.18. The molecule has 0 spiro atoms. The van der Waals surface area contributed by atoms with Crippen LogP contribution in [0, 0.1) is 24.2 Å². The number of benzene rings is 1. The van der Waals surface area contributed by atoms with E-state index in [0.29, 0.717) is 11.1 Å². The van der Waals surface area contributed by atoms with Crippen LogP contribution in [0.3, 0.4) is 0 Å². The van der Waals surface area contributed by atoms with Gasteiger partial charge in [-0.15, -0.1) is 0 Å². The molecule has 7 nitrogen and oxygen atoms in total. The van der Waals surface area contributed by atoms with E-state index in [4.69, 9.17) is 5.26 Å². The number of rotatable bonds is 6. The van der Waals surface area contributed by atoms with Gasteiger partial charge in [-0.3, -0.25) is 19.1 Å². The van der Waals surface area contributed by atoms with E-state index in [-0.39, 0.29) is 29.3 Å². The summed E-state index contributed by atoms with van der Waals surface area (Å²) in [5.74, 6) is -1.59. The van der Waals surface area contributed by atoms with Gasteiger partial charge in [0.2, 0.25) is 11.7 Å². The van der Waals surface area contributed by atoms with Gasteiger partial charge in [-0.2, -0.15) is 9.65 Å². The quantitative estimate of drug-likeness (QED) is 0.365. The Morgan fingerprint density at radius 1 is 1.28 bits per heavy atom. The zero-order chi connectivity index (χ0) is 23.4. The smallest absolute Gasteiger partial charge is 0.287 e. The Hall–Kier alpha value is -4.12. The summed E-state index contributed by atoms with van der Waals surface area (Å²) in [5.41, 5.74) is 0.804. The van der Waals surface area contributed by atoms with Gasteiger partial charge >= 0.3 is 5.69 Å². The van der Waals surface area contributed by atoms with Gasteiger partial charge in [0.15, 0.2) is 0 Å². The van der Waals surface area contributed by atoms with Crippen LogP contribution in [0.25, 0.3) is 6.08 Å². The van der Waals surface area contributed by atoms with Crippen LogP contribution in [0.5, 0.6) is 0 Å². The van der Waals surface area contributed by atoms with Crippen molar-refractivity contribution in [2.45, 2.75) is 33.2 Å². The Bertz CT molecular complexity index is 1380. The lowest BCUT2D eigenvalue weighted by atomic mass is 9.95. The number of aromatic amines is 1. The van der Waals surface area contributed by atoms with Crippen molar-refractivity contribution >= 4 is 11.9 Å². The SMILES string of the molecule is Cc1cc(/C=C/C#N)cc(C(=O)c2c(C(C)C)c(=O)[nH]c(=O)n2Cc2ccnc(F)c2)c1. The number of aryl methyl sites for hydroxylation is 1. The Kier molecular flexibility index (Phi) is 6.59. The number of nitrogens with one attached hydrogen (secondary N) is 1. The van der Waals surface area contributed by atoms with Crippen LogP contribution in [-0.4, -0.2) is 20.3 Å². The van der Waals surface area contributed by atoms with Gasteiger partial charge < -0.3 is 0 Å². The summed E-state index contributed by atoms with van der Waals surface area (Å²) < 4.78 is 14.8. The number of H-pyrrole nitrogens is 1. The normalized spacial score (nSPS) is 11.1. The molecule has 0 radical (unpaired) electrons. The topological polar surface area (TPSA) is 109 Å². The van der Waals surface area contributed by atoms with Crippen LogP contribution in [0.1, 0.15) is 58.1 Å². The first-order valence-electron chi connectivity index (χ1n) is 9.91. The molecule has 0 saturated carbocycles. The number of nitriles is 1. The molecule has 0 aliphatic rings. The Labute approximate surface area is 183 Å². The molecule has 1 aromatic carbocycles. The summed E-state index contributed by atoms with van der Waals surface area (Å²) in [4.78, 5) is 44.8. The Morgan fingerprint density at radius 2 is 2.03 bits per heavy atom. The molecule has 3 aromatic rings. The van der Waals surface area contributed by atoms with Crippen LogP contribution in [-0.2, 0) is 6.54 Å². The molecule has 1 N–H and O–H groups in total. The van der Waals surface area contributed by atoms with E-state index in [9.17, 15) is 18.8 Å². The highest BCUT2D eigenvalue weighted by molar-refractivity contribution is 6.09. The molecule has 2 heterocycles. The minimum Gasteiger partial charge on any atom is -0.287 e. The maximum absolute atomic E-state index is 13.6. The van der Waals surface area contributed by atoms with Crippen molar-refractivity contribution < 1.29 is 9.18 Å². The van der Waals surface area contributed by atoms with Crippen molar-refractivity contribution in [3.63, 3.8) is 0 Å². The van der Waals surface area contributed by atoms with Crippen molar-refractivity contribution in [3.05, 3.63) is 103 Å². The van der Waals surface area contributed by atoms with Gasteiger partial charge in [-0.25, -0.2) is 9.78 Å². The van der Waals surface area contributed by atoms with Crippen LogP contribution < -0.4 is 11.2 Å². The molecule has 0 atom stereocenters. The van der Waals surface area contributed by atoms with Gasteiger partial charge in [0.05, 0.1) is 12.6 Å². The number of carbonyl (C=O) groups excluding carboxylic acids is 1. The number of ketones is 1. The number of hydrogen-bond acceptors (Lipinski definition) is 5. The van der Waals surface area contributed by atoms with Crippen LogP contribution in [0.15, 0.2) is 52.2 Å². The van der Waals surface area contributed by atoms with Crippen LogP contribution in [0.4, 0.5) is 4.39 Å². The second kappa shape index (κ2) is 9.35. The molecule has 3 rings (SSSR count). The Morgan fingerprint density at radius 3 is 2.69 bits per heavy atom. The first-order chi connectivity index (χ1) is 15.2. The van der Waals surface area contributed by atoms with Crippen molar-refractivity contribution in [1.82, 2.24) is 14.5 Å². The highest BCUT2D eigenvalue weighted by Crippen LogP contribution is 2.21. The van der Waals surface area contributed by atoms with Crippen molar-refractivity contribution in [3.8, 4) is 6.07 Å². The van der Waals surface area contributed by atoms with Gasteiger partial charge in [0, 0.05) is 23.4 Å². The maximum Gasteiger partial charge on any atom is 0.329 e. The lowest BCUT2D eigenvalue weighted by Gasteiger charge is -2.18. The molecule has 0 saturated heterocycles. The highest BCUT2D eigenvalue weighted by atomic mass is 19.1. The van der Waals surface area contributed by atoms with Crippen LogP contribution >= 0.6 is 0 Å². The average molecular weight is 432 g/mol. The number of nitrogens with zero attached hydrogens (tertiary/aromatic N) is 3. The molecular weight excluding hydrogens is 411 g/mol. The van der Waals surface area contributed by atoms with Gasteiger partial charge in [0.1, 0.15) is 5.69 Å². The largest absolute Gasteiger partial charge is 0.329 e. The number of carbonyl (C=O) groups is 1. The van der Waals surface area contributed by atoms with E-state index >= 15 is 0 Å². The van der Waals surface area contributed by atoms with E-state index in [0.717, 1.165) is 16.2 Å². The third kappa shape index (κ3) is 4.78. The molecule has 0 unspecified atom stereocenters. The number of pyridine rings is 1. The minimum absolute atomic E-state index is 0.0493. The molecule has 0 bridgehead atoms. The van der Waals surface area contributed by atoms with Crippen LogP contribution in [0.2, 0.25) is 0 Å². The molecule has 32 heavy (non-hydrogen) atoms. The van der Waals surface area contributed by atoms with E-state index in [1.54, 1.807) is 45.0 Å². The Balaban J connectivity index is 2.26. The molecular formula is C24H21FN4O3. The number of halogens is 1. The second-order valence-electron chi connectivity index (χ2n) is 7.67. The van der Waals surface area contributed by atoms with Crippen molar-refractivity contribution in [2.24, 2.45) is 0 Å². The summed E-state index contributed by atoms with van der Waals surface area (Å²) in [5, 5.41) is 8.80. The van der Waals surface area contributed by atoms with E-state index in [2.05, 4.69) is 9.97 Å². The minimum atomic E-state index is -0.766. The first-order valence-corrected chi connectivity index (χ1v) is 9.91. The van der Waals surface area contributed by atoms with Gasteiger partial charge in [-0.05, 0) is 59.9 Å².